The number of rotatable bonds is 3. The number of imidazole rings is 1. The van der Waals surface area contributed by atoms with E-state index in [0.29, 0.717) is 5.69 Å². The molecular formula is C14H10ClN5O. The van der Waals surface area contributed by atoms with Crippen molar-refractivity contribution in [3.63, 3.8) is 0 Å². The van der Waals surface area contributed by atoms with Gasteiger partial charge in [-0.2, -0.15) is 0 Å². The fourth-order valence-corrected chi connectivity index (χ4v) is 1.99. The Bertz CT molecular complexity index is 773. The van der Waals surface area contributed by atoms with E-state index in [1.54, 1.807) is 29.4 Å². The highest BCUT2D eigenvalue weighted by molar-refractivity contribution is 6.29. The van der Waals surface area contributed by atoms with Gasteiger partial charge in [0, 0.05) is 12.4 Å². The minimum atomic E-state index is -0.377. The van der Waals surface area contributed by atoms with Crippen LogP contribution in [0.2, 0.25) is 5.15 Å². The molecule has 1 amide bonds. The van der Waals surface area contributed by atoms with Crippen LogP contribution < -0.4 is 5.32 Å². The van der Waals surface area contributed by atoms with Gasteiger partial charge in [0.15, 0.2) is 0 Å². The van der Waals surface area contributed by atoms with Crippen LogP contribution in [0.5, 0.6) is 0 Å². The molecule has 0 aliphatic rings. The molecule has 3 aromatic rings. The molecular weight excluding hydrogens is 290 g/mol. The van der Waals surface area contributed by atoms with Gasteiger partial charge in [0.1, 0.15) is 10.8 Å². The van der Waals surface area contributed by atoms with E-state index in [0.717, 1.165) is 5.69 Å². The molecule has 0 fully saturated rings. The number of halogens is 1. The minimum Gasteiger partial charge on any atom is -0.319 e. The third-order valence-electron chi connectivity index (χ3n) is 2.77. The van der Waals surface area contributed by atoms with Crippen molar-refractivity contribution in [1.82, 2.24) is 19.5 Å². The molecule has 0 spiro atoms. The molecule has 3 rings (SSSR count). The van der Waals surface area contributed by atoms with Gasteiger partial charge in [-0.1, -0.05) is 23.7 Å². The maximum Gasteiger partial charge on any atom is 0.275 e. The van der Waals surface area contributed by atoms with Crippen molar-refractivity contribution in [2.75, 3.05) is 5.32 Å². The van der Waals surface area contributed by atoms with Crippen molar-refractivity contribution in [2.45, 2.75) is 0 Å². The highest BCUT2D eigenvalue weighted by atomic mass is 35.5. The molecule has 7 heteroatoms. The number of carbonyl (C=O) groups is 1. The van der Waals surface area contributed by atoms with E-state index in [2.05, 4.69) is 20.3 Å². The summed E-state index contributed by atoms with van der Waals surface area (Å²) in [5.74, 6) is -0.377. The first-order valence-electron chi connectivity index (χ1n) is 6.10. The van der Waals surface area contributed by atoms with Gasteiger partial charge in [0.2, 0.25) is 0 Å². The molecule has 21 heavy (non-hydrogen) atoms. The summed E-state index contributed by atoms with van der Waals surface area (Å²) >= 11 is 5.74. The van der Waals surface area contributed by atoms with Crippen LogP contribution in [0.1, 0.15) is 10.5 Å². The van der Waals surface area contributed by atoms with Crippen LogP contribution in [0, 0.1) is 0 Å². The Morgan fingerprint density at radius 1 is 1.19 bits per heavy atom. The zero-order valence-corrected chi connectivity index (χ0v) is 11.5. The van der Waals surface area contributed by atoms with E-state index in [9.17, 15) is 4.79 Å². The summed E-state index contributed by atoms with van der Waals surface area (Å²) in [7, 11) is 0. The molecule has 0 aliphatic carbocycles. The first-order chi connectivity index (χ1) is 10.2. The Morgan fingerprint density at radius 2 is 2.05 bits per heavy atom. The van der Waals surface area contributed by atoms with Crippen molar-refractivity contribution in [1.29, 1.82) is 0 Å². The Kier molecular flexibility index (Phi) is 3.61. The summed E-state index contributed by atoms with van der Waals surface area (Å²) in [5, 5.41) is 2.97. The lowest BCUT2D eigenvalue weighted by atomic mass is 10.2. The summed E-state index contributed by atoms with van der Waals surface area (Å²) < 4.78 is 1.80. The summed E-state index contributed by atoms with van der Waals surface area (Å²) in [6.45, 7) is 0. The molecule has 1 aromatic carbocycles. The SMILES string of the molecule is O=C(Nc1ccccc1-n1ccnc1)c1cncc(Cl)n1. The van der Waals surface area contributed by atoms with E-state index < -0.39 is 0 Å². The van der Waals surface area contributed by atoms with Crippen LogP contribution in [0.25, 0.3) is 5.69 Å². The molecule has 2 heterocycles. The fourth-order valence-electron chi connectivity index (χ4n) is 1.84. The second-order valence-electron chi connectivity index (χ2n) is 4.17. The molecule has 104 valence electrons. The van der Waals surface area contributed by atoms with Gasteiger partial charge >= 0.3 is 0 Å². The first-order valence-corrected chi connectivity index (χ1v) is 6.48. The zero-order valence-electron chi connectivity index (χ0n) is 10.8. The third-order valence-corrected chi connectivity index (χ3v) is 2.95. The number of nitrogens with zero attached hydrogens (tertiary/aromatic N) is 4. The topological polar surface area (TPSA) is 72.7 Å². The van der Waals surface area contributed by atoms with Crippen molar-refractivity contribution in [3.05, 3.63) is 66.2 Å². The van der Waals surface area contributed by atoms with Crippen molar-refractivity contribution in [2.24, 2.45) is 0 Å². The Balaban J connectivity index is 1.90. The van der Waals surface area contributed by atoms with Gasteiger partial charge in [-0.15, -0.1) is 0 Å². The van der Waals surface area contributed by atoms with Crippen molar-refractivity contribution in [3.8, 4) is 5.69 Å². The molecule has 0 atom stereocenters. The van der Waals surface area contributed by atoms with Crippen LogP contribution in [0.4, 0.5) is 5.69 Å². The maximum absolute atomic E-state index is 12.2. The number of aromatic nitrogens is 4. The van der Waals surface area contributed by atoms with Gasteiger partial charge in [0.25, 0.3) is 5.91 Å². The van der Waals surface area contributed by atoms with Gasteiger partial charge in [-0.3, -0.25) is 9.78 Å². The quantitative estimate of drug-likeness (QED) is 0.806. The third kappa shape index (κ3) is 2.90. The van der Waals surface area contributed by atoms with E-state index in [-0.39, 0.29) is 16.8 Å². The van der Waals surface area contributed by atoms with E-state index in [1.165, 1.54) is 12.4 Å². The normalized spacial score (nSPS) is 10.3. The highest BCUT2D eigenvalue weighted by Gasteiger charge is 2.11. The van der Waals surface area contributed by atoms with Gasteiger partial charge in [-0.05, 0) is 12.1 Å². The molecule has 0 bridgehead atoms. The minimum absolute atomic E-state index is 0.155. The van der Waals surface area contributed by atoms with Crippen molar-refractivity contribution < 1.29 is 4.79 Å². The molecule has 0 radical (unpaired) electrons. The number of anilines is 1. The van der Waals surface area contributed by atoms with Crippen LogP contribution in [0.3, 0.4) is 0 Å². The fraction of sp³-hybridized carbons (Fsp3) is 0. The number of amides is 1. The summed E-state index contributed by atoms with van der Waals surface area (Å²) in [6.07, 6.45) is 7.86. The highest BCUT2D eigenvalue weighted by Crippen LogP contribution is 2.20. The monoisotopic (exact) mass is 299 g/mol. The lowest BCUT2D eigenvalue weighted by Gasteiger charge is -2.11. The summed E-state index contributed by atoms with van der Waals surface area (Å²) in [6, 6.07) is 7.38. The average molecular weight is 300 g/mol. The number of para-hydroxylation sites is 2. The second-order valence-corrected chi connectivity index (χ2v) is 4.56. The molecule has 0 saturated heterocycles. The first kappa shape index (κ1) is 13.3. The number of nitrogens with one attached hydrogen (secondary N) is 1. The lowest BCUT2D eigenvalue weighted by Crippen LogP contribution is -2.15. The van der Waals surface area contributed by atoms with Gasteiger partial charge < -0.3 is 9.88 Å². The summed E-state index contributed by atoms with van der Waals surface area (Å²) in [4.78, 5) is 24.0. The lowest BCUT2D eigenvalue weighted by molar-refractivity contribution is 0.102. The Labute approximate surface area is 125 Å². The molecule has 6 nitrogen and oxygen atoms in total. The predicted octanol–water partition coefficient (Wildman–Crippen LogP) is 2.57. The smallest absolute Gasteiger partial charge is 0.275 e. The number of benzene rings is 1. The van der Waals surface area contributed by atoms with E-state index >= 15 is 0 Å². The van der Waals surface area contributed by atoms with Crippen LogP contribution in [0.15, 0.2) is 55.4 Å². The average Bonchev–Trinajstić information content (AvgIpc) is 3.02. The largest absolute Gasteiger partial charge is 0.319 e. The molecule has 1 N–H and O–H groups in total. The predicted molar refractivity (Wildman–Crippen MR) is 78.6 cm³/mol. The second kappa shape index (κ2) is 5.72. The Morgan fingerprint density at radius 3 is 2.81 bits per heavy atom. The molecule has 0 saturated carbocycles. The zero-order chi connectivity index (χ0) is 14.7. The van der Waals surface area contributed by atoms with Gasteiger partial charge in [-0.25, -0.2) is 9.97 Å². The Hall–Kier alpha value is -2.73. The van der Waals surface area contributed by atoms with Crippen LogP contribution in [-0.4, -0.2) is 25.4 Å². The maximum atomic E-state index is 12.2. The number of hydrogen-bond donors (Lipinski definition) is 1. The standard InChI is InChI=1S/C14H10ClN5O/c15-13-8-17-7-11(18-13)14(21)19-10-3-1-2-4-12(10)20-6-5-16-9-20/h1-9H,(H,19,21). The van der Waals surface area contributed by atoms with E-state index in [1.807, 2.05) is 18.2 Å². The van der Waals surface area contributed by atoms with Crippen LogP contribution >= 0.6 is 11.6 Å². The molecule has 0 aliphatic heterocycles. The van der Waals surface area contributed by atoms with Crippen LogP contribution in [-0.2, 0) is 0 Å². The molecule has 2 aromatic heterocycles. The van der Waals surface area contributed by atoms with Gasteiger partial charge in [0.05, 0.1) is 30.1 Å². The van der Waals surface area contributed by atoms with Crippen molar-refractivity contribution >= 4 is 23.2 Å². The number of carbonyl (C=O) groups excluding carboxylic acids is 1. The van der Waals surface area contributed by atoms with E-state index in [4.69, 9.17) is 11.6 Å². The molecule has 0 unspecified atom stereocenters. The summed E-state index contributed by atoms with van der Waals surface area (Å²) in [5.41, 5.74) is 1.60. The number of hydrogen-bond acceptors (Lipinski definition) is 4.